The molecule has 176 valence electrons. The second kappa shape index (κ2) is 11.4. The van der Waals surface area contributed by atoms with E-state index in [1.807, 2.05) is 61.5 Å². The van der Waals surface area contributed by atoms with Crippen LogP contribution in [0.2, 0.25) is 0 Å². The first-order valence-corrected chi connectivity index (χ1v) is 11.1. The summed E-state index contributed by atoms with van der Waals surface area (Å²) in [4.78, 5) is 25.0. The van der Waals surface area contributed by atoms with Crippen molar-refractivity contribution in [2.45, 2.75) is 25.0 Å². The molecule has 4 N–H and O–H groups in total. The number of amides is 1. The molecule has 6 nitrogen and oxygen atoms in total. The Hall–Kier alpha value is -3.74. The van der Waals surface area contributed by atoms with Crippen LogP contribution in [-0.4, -0.2) is 36.2 Å². The molecule has 0 bridgehead atoms. The molecule has 3 aromatic carbocycles. The SMILES string of the molecule is C=CCOC(=O)NCCC(N)C(=O)c1ccccc1C(O)(c1ccccc1)c1ccc(C)cc1. The van der Waals surface area contributed by atoms with Gasteiger partial charge in [-0.15, -0.1) is 0 Å². The molecule has 34 heavy (non-hydrogen) atoms. The maximum atomic E-state index is 13.4. The van der Waals surface area contributed by atoms with E-state index in [1.165, 1.54) is 6.08 Å². The van der Waals surface area contributed by atoms with E-state index in [0.717, 1.165) is 5.56 Å². The summed E-state index contributed by atoms with van der Waals surface area (Å²) in [5.74, 6) is -0.321. The standard InChI is InChI=1S/C28H30N2O4/c1-3-19-34-27(32)30-18-17-25(29)26(31)23-11-7-8-12-24(23)28(33,21-9-5-4-6-10-21)22-15-13-20(2)14-16-22/h3-16,25,33H,1,17-19,29H2,2H3,(H,30,32). The predicted molar refractivity (Wildman–Crippen MR) is 133 cm³/mol. The van der Waals surface area contributed by atoms with Crippen LogP contribution in [0.25, 0.3) is 0 Å². The molecule has 0 fully saturated rings. The molecule has 0 aliphatic heterocycles. The van der Waals surface area contributed by atoms with Gasteiger partial charge in [0.25, 0.3) is 0 Å². The molecule has 0 aliphatic carbocycles. The zero-order valence-corrected chi connectivity index (χ0v) is 19.2. The van der Waals surface area contributed by atoms with Crippen LogP contribution in [0.15, 0.2) is 91.5 Å². The number of hydrogen-bond acceptors (Lipinski definition) is 5. The van der Waals surface area contributed by atoms with E-state index in [2.05, 4.69) is 11.9 Å². The van der Waals surface area contributed by atoms with E-state index in [-0.39, 0.29) is 25.4 Å². The van der Waals surface area contributed by atoms with Gasteiger partial charge in [0.15, 0.2) is 5.78 Å². The molecule has 2 atom stereocenters. The number of nitrogens with one attached hydrogen (secondary N) is 1. The number of alkyl carbamates (subject to hydrolysis) is 1. The summed E-state index contributed by atoms with van der Waals surface area (Å²) in [6.07, 6.45) is 1.08. The van der Waals surface area contributed by atoms with Gasteiger partial charge in [0.2, 0.25) is 0 Å². The van der Waals surface area contributed by atoms with Crippen molar-refractivity contribution in [2.75, 3.05) is 13.2 Å². The van der Waals surface area contributed by atoms with Gasteiger partial charge < -0.3 is 20.9 Å². The first-order valence-electron chi connectivity index (χ1n) is 11.1. The Labute approximate surface area is 200 Å². The van der Waals surface area contributed by atoms with Crippen LogP contribution in [0.1, 0.15) is 39.0 Å². The summed E-state index contributed by atoms with van der Waals surface area (Å²) in [6, 6.07) is 22.9. The molecule has 1 amide bonds. The van der Waals surface area contributed by atoms with E-state index in [1.54, 1.807) is 24.3 Å². The van der Waals surface area contributed by atoms with Crippen LogP contribution in [0.3, 0.4) is 0 Å². The third-order valence-corrected chi connectivity index (χ3v) is 5.64. The number of aliphatic hydroxyl groups is 1. The van der Waals surface area contributed by atoms with Crippen LogP contribution in [0, 0.1) is 6.92 Å². The van der Waals surface area contributed by atoms with Gasteiger partial charge >= 0.3 is 6.09 Å². The van der Waals surface area contributed by atoms with E-state index in [0.29, 0.717) is 22.3 Å². The highest BCUT2D eigenvalue weighted by Crippen LogP contribution is 2.38. The molecular formula is C28H30N2O4. The van der Waals surface area contributed by atoms with Crippen molar-refractivity contribution in [3.63, 3.8) is 0 Å². The second-order valence-corrected chi connectivity index (χ2v) is 8.06. The minimum atomic E-state index is -1.56. The molecule has 0 saturated carbocycles. The van der Waals surface area contributed by atoms with Gasteiger partial charge in [0.1, 0.15) is 12.2 Å². The van der Waals surface area contributed by atoms with Crippen molar-refractivity contribution >= 4 is 11.9 Å². The Morgan fingerprint density at radius 2 is 1.65 bits per heavy atom. The van der Waals surface area contributed by atoms with Crippen molar-refractivity contribution in [3.05, 3.63) is 119 Å². The lowest BCUT2D eigenvalue weighted by molar-refractivity contribution is 0.0933. The number of aryl methyl sites for hydroxylation is 1. The Morgan fingerprint density at radius 3 is 2.32 bits per heavy atom. The Morgan fingerprint density at radius 1 is 1.03 bits per heavy atom. The van der Waals surface area contributed by atoms with E-state index in [9.17, 15) is 14.7 Å². The first kappa shape index (κ1) is 24.9. The number of rotatable bonds is 10. The Balaban J connectivity index is 1.93. The molecular weight excluding hydrogens is 428 g/mol. The van der Waals surface area contributed by atoms with Crippen LogP contribution in [-0.2, 0) is 10.3 Å². The second-order valence-electron chi connectivity index (χ2n) is 8.06. The first-order chi connectivity index (χ1) is 16.4. The summed E-state index contributed by atoms with van der Waals surface area (Å²) in [5, 5.41) is 14.8. The lowest BCUT2D eigenvalue weighted by atomic mass is 9.77. The van der Waals surface area contributed by atoms with Gasteiger partial charge in [-0.05, 0) is 24.5 Å². The van der Waals surface area contributed by atoms with Gasteiger partial charge in [-0.2, -0.15) is 0 Å². The van der Waals surface area contributed by atoms with Gasteiger partial charge in [-0.1, -0.05) is 97.1 Å². The van der Waals surface area contributed by atoms with Crippen molar-refractivity contribution < 1.29 is 19.4 Å². The molecule has 0 heterocycles. The topological polar surface area (TPSA) is 102 Å². The minimum absolute atomic E-state index is 0.0985. The van der Waals surface area contributed by atoms with Gasteiger partial charge in [-0.25, -0.2) is 4.79 Å². The molecule has 0 spiro atoms. The smallest absolute Gasteiger partial charge is 0.407 e. The third-order valence-electron chi connectivity index (χ3n) is 5.64. The number of carbonyl (C=O) groups excluding carboxylic acids is 2. The summed E-state index contributed by atoms with van der Waals surface area (Å²) >= 11 is 0. The number of benzene rings is 3. The predicted octanol–water partition coefficient (Wildman–Crippen LogP) is 4.09. The highest BCUT2D eigenvalue weighted by molar-refractivity contribution is 6.01. The van der Waals surface area contributed by atoms with E-state index >= 15 is 0 Å². The van der Waals surface area contributed by atoms with Crippen LogP contribution < -0.4 is 11.1 Å². The zero-order chi connectivity index (χ0) is 24.6. The number of nitrogens with two attached hydrogens (primary N) is 1. The average Bonchev–Trinajstić information content (AvgIpc) is 2.87. The molecule has 0 aromatic heterocycles. The summed E-state index contributed by atoms with van der Waals surface area (Å²) in [5.41, 5.74) is 7.76. The molecule has 2 unspecified atom stereocenters. The highest BCUT2D eigenvalue weighted by Gasteiger charge is 2.37. The summed E-state index contributed by atoms with van der Waals surface area (Å²) in [7, 11) is 0. The van der Waals surface area contributed by atoms with E-state index in [4.69, 9.17) is 10.5 Å². The van der Waals surface area contributed by atoms with Gasteiger partial charge in [0, 0.05) is 17.7 Å². The van der Waals surface area contributed by atoms with Crippen LogP contribution >= 0.6 is 0 Å². The van der Waals surface area contributed by atoms with Crippen LogP contribution in [0.5, 0.6) is 0 Å². The number of carbonyl (C=O) groups is 2. The maximum Gasteiger partial charge on any atom is 0.407 e. The number of Topliss-reactive ketones (excluding diaryl/α,β-unsaturated/α-hetero) is 1. The number of hydrogen-bond donors (Lipinski definition) is 3. The monoisotopic (exact) mass is 458 g/mol. The van der Waals surface area contributed by atoms with Crippen molar-refractivity contribution in [1.29, 1.82) is 0 Å². The molecule has 0 aliphatic rings. The van der Waals surface area contributed by atoms with Gasteiger partial charge in [-0.3, -0.25) is 4.79 Å². The Kier molecular flexibility index (Phi) is 8.35. The number of ether oxygens (including phenoxy) is 1. The molecule has 3 rings (SSSR count). The minimum Gasteiger partial charge on any atom is -0.445 e. The highest BCUT2D eigenvalue weighted by atomic mass is 16.5. The average molecular weight is 459 g/mol. The van der Waals surface area contributed by atoms with E-state index < -0.39 is 17.7 Å². The van der Waals surface area contributed by atoms with Gasteiger partial charge in [0.05, 0.1) is 6.04 Å². The lowest BCUT2D eigenvalue weighted by Gasteiger charge is -2.32. The van der Waals surface area contributed by atoms with Crippen LogP contribution in [0.4, 0.5) is 4.79 Å². The number of ketones is 1. The molecule has 0 saturated heterocycles. The van der Waals surface area contributed by atoms with Crippen molar-refractivity contribution in [2.24, 2.45) is 5.73 Å². The largest absolute Gasteiger partial charge is 0.445 e. The third kappa shape index (κ3) is 5.60. The fraction of sp³-hybridized carbons (Fsp3) is 0.214. The maximum absolute atomic E-state index is 13.4. The van der Waals surface area contributed by atoms with Crippen molar-refractivity contribution in [1.82, 2.24) is 5.32 Å². The fourth-order valence-corrected chi connectivity index (χ4v) is 3.81. The Bertz CT molecular complexity index is 1130. The summed E-state index contributed by atoms with van der Waals surface area (Å²) in [6.45, 7) is 5.73. The summed E-state index contributed by atoms with van der Waals surface area (Å²) < 4.78 is 4.86. The zero-order valence-electron chi connectivity index (χ0n) is 19.2. The lowest BCUT2D eigenvalue weighted by Crippen LogP contribution is -2.38. The molecule has 3 aromatic rings. The molecule has 6 heteroatoms. The van der Waals surface area contributed by atoms with Crippen molar-refractivity contribution in [3.8, 4) is 0 Å². The molecule has 0 radical (unpaired) electrons. The quantitative estimate of drug-likeness (QED) is 0.241. The normalized spacial score (nSPS) is 13.4. The fourth-order valence-electron chi connectivity index (χ4n) is 3.81.